The summed E-state index contributed by atoms with van der Waals surface area (Å²) in [5.41, 5.74) is 0.302. The fourth-order valence-corrected chi connectivity index (χ4v) is 1.40. The molecule has 1 heterocycles. The van der Waals surface area contributed by atoms with Crippen LogP contribution in [0.1, 0.15) is 33.6 Å². The molecule has 0 aliphatic heterocycles. The van der Waals surface area contributed by atoms with E-state index in [-0.39, 0.29) is 11.3 Å². The summed E-state index contributed by atoms with van der Waals surface area (Å²) in [4.78, 5) is 19.5. The Bertz CT molecular complexity index is 322. The molecule has 0 saturated carbocycles. The van der Waals surface area contributed by atoms with Crippen molar-refractivity contribution in [1.82, 2.24) is 9.97 Å². The van der Waals surface area contributed by atoms with Crippen molar-refractivity contribution in [2.75, 3.05) is 5.32 Å². The van der Waals surface area contributed by atoms with Crippen LogP contribution in [0.5, 0.6) is 0 Å². The first-order valence-corrected chi connectivity index (χ1v) is 5.12. The van der Waals surface area contributed by atoms with Crippen molar-refractivity contribution >= 4 is 11.6 Å². The van der Waals surface area contributed by atoms with Crippen LogP contribution < -0.4 is 5.32 Å². The highest BCUT2D eigenvalue weighted by Gasteiger charge is 2.26. The second kappa shape index (κ2) is 4.87. The van der Waals surface area contributed by atoms with Crippen LogP contribution in [-0.2, 0) is 4.79 Å². The van der Waals surface area contributed by atoms with Crippen LogP contribution >= 0.6 is 0 Å². The van der Waals surface area contributed by atoms with Crippen LogP contribution in [0, 0.1) is 5.41 Å². The van der Waals surface area contributed by atoms with Crippen LogP contribution in [0.25, 0.3) is 0 Å². The number of hydrogen-bond acceptors (Lipinski definition) is 3. The Morgan fingerprint density at radius 3 is 2.53 bits per heavy atom. The minimum Gasteiger partial charge on any atom is -0.323 e. The standard InChI is InChI=1S/C11H17N3O/c1-4-5-11(2,3)10(15)14-9-6-12-8-13-7-9/h6-8H,4-5H2,1-3H3,(H,14,15). The third-order valence-corrected chi connectivity index (χ3v) is 2.31. The van der Waals surface area contributed by atoms with Gasteiger partial charge in [-0.15, -0.1) is 0 Å². The molecule has 15 heavy (non-hydrogen) atoms. The van der Waals surface area contributed by atoms with Gasteiger partial charge < -0.3 is 5.32 Å². The zero-order chi connectivity index (χ0) is 11.3. The van der Waals surface area contributed by atoms with Gasteiger partial charge in [0.25, 0.3) is 0 Å². The van der Waals surface area contributed by atoms with E-state index in [9.17, 15) is 4.79 Å². The highest BCUT2D eigenvalue weighted by atomic mass is 16.2. The van der Waals surface area contributed by atoms with E-state index in [2.05, 4.69) is 22.2 Å². The van der Waals surface area contributed by atoms with E-state index < -0.39 is 0 Å². The predicted octanol–water partition coefficient (Wildman–Crippen LogP) is 2.24. The fraction of sp³-hybridized carbons (Fsp3) is 0.545. The van der Waals surface area contributed by atoms with Crippen molar-refractivity contribution in [3.05, 3.63) is 18.7 Å². The molecule has 0 fully saturated rings. The molecule has 0 aliphatic rings. The lowest BCUT2D eigenvalue weighted by molar-refractivity contribution is -0.124. The first-order valence-electron chi connectivity index (χ1n) is 5.12. The Hall–Kier alpha value is -1.45. The number of nitrogens with zero attached hydrogens (tertiary/aromatic N) is 2. The maximum atomic E-state index is 11.9. The quantitative estimate of drug-likeness (QED) is 0.823. The number of rotatable bonds is 4. The molecule has 4 nitrogen and oxygen atoms in total. The van der Waals surface area contributed by atoms with Gasteiger partial charge in [0.05, 0.1) is 18.1 Å². The van der Waals surface area contributed by atoms with E-state index in [1.54, 1.807) is 12.4 Å². The van der Waals surface area contributed by atoms with Gasteiger partial charge in [0.15, 0.2) is 0 Å². The molecule has 0 unspecified atom stereocenters. The van der Waals surface area contributed by atoms with Crippen LogP contribution in [0.2, 0.25) is 0 Å². The second-order valence-electron chi connectivity index (χ2n) is 4.22. The molecule has 1 aromatic rings. The second-order valence-corrected chi connectivity index (χ2v) is 4.22. The highest BCUT2D eigenvalue weighted by Crippen LogP contribution is 2.23. The van der Waals surface area contributed by atoms with Crippen molar-refractivity contribution in [2.45, 2.75) is 33.6 Å². The lowest BCUT2D eigenvalue weighted by Gasteiger charge is -2.22. The number of carbonyl (C=O) groups is 1. The molecule has 1 aromatic heterocycles. The molecule has 82 valence electrons. The van der Waals surface area contributed by atoms with Crippen LogP contribution in [-0.4, -0.2) is 15.9 Å². The molecule has 0 bridgehead atoms. The number of carbonyl (C=O) groups excluding carboxylic acids is 1. The van der Waals surface area contributed by atoms with Gasteiger partial charge >= 0.3 is 0 Å². The smallest absolute Gasteiger partial charge is 0.230 e. The highest BCUT2D eigenvalue weighted by molar-refractivity contribution is 5.94. The SMILES string of the molecule is CCCC(C)(C)C(=O)Nc1cncnc1. The first-order chi connectivity index (χ1) is 7.06. The maximum absolute atomic E-state index is 11.9. The Labute approximate surface area is 90.1 Å². The molecule has 0 aromatic carbocycles. The first kappa shape index (κ1) is 11.6. The summed E-state index contributed by atoms with van der Waals surface area (Å²) >= 11 is 0. The Kier molecular flexibility index (Phi) is 3.77. The van der Waals surface area contributed by atoms with Crippen LogP contribution in [0.4, 0.5) is 5.69 Å². The summed E-state index contributed by atoms with van der Waals surface area (Å²) in [6.45, 7) is 5.95. The zero-order valence-corrected chi connectivity index (χ0v) is 9.45. The van der Waals surface area contributed by atoms with E-state index in [0.717, 1.165) is 12.8 Å². The summed E-state index contributed by atoms with van der Waals surface area (Å²) in [6, 6.07) is 0. The summed E-state index contributed by atoms with van der Waals surface area (Å²) in [6.07, 6.45) is 6.48. The van der Waals surface area contributed by atoms with E-state index >= 15 is 0 Å². The normalized spacial score (nSPS) is 11.1. The molecule has 0 saturated heterocycles. The predicted molar refractivity (Wildman–Crippen MR) is 59.4 cm³/mol. The topological polar surface area (TPSA) is 54.9 Å². The van der Waals surface area contributed by atoms with Gasteiger partial charge in [0.2, 0.25) is 5.91 Å². The Morgan fingerprint density at radius 1 is 1.40 bits per heavy atom. The van der Waals surface area contributed by atoms with E-state index in [1.807, 2.05) is 13.8 Å². The van der Waals surface area contributed by atoms with Crippen molar-refractivity contribution in [2.24, 2.45) is 5.41 Å². The summed E-state index contributed by atoms with van der Waals surface area (Å²) < 4.78 is 0. The summed E-state index contributed by atoms with van der Waals surface area (Å²) in [5, 5.41) is 2.80. The maximum Gasteiger partial charge on any atom is 0.230 e. The number of aromatic nitrogens is 2. The zero-order valence-electron chi connectivity index (χ0n) is 9.45. The van der Waals surface area contributed by atoms with Gasteiger partial charge in [-0.1, -0.05) is 27.2 Å². The third-order valence-electron chi connectivity index (χ3n) is 2.31. The Balaban J connectivity index is 2.63. The molecule has 4 heteroatoms. The van der Waals surface area contributed by atoms with Gasteiger partial charge in [-0.25, -0.2) is 9.97 Å². The molecular weight excluding hydrogens is 190 g/mol. The minimum atomic E-state index is -0.343. The van der Waals surface area contributed by atoms with Gasteiger partial charge in [0, 0.05) is 5.41 Å². The van der Waals surface area contributed by atoms with Gasteiger partial charge in [-0.05, 0) is 6.42 Å². The van der Waals surface area contributed by atoms with Crippen molar-refractivity contribution in [3.63, 3.8) is 0 Å². The number of amides is 1. The molecule has 0 aliphatic carbocycles. The number of anilines is 1. The third kappa shape index (κ3) is 3.31. The van der Waals surface area contributed by atoms with Crippen molar-refractivity contribution in [1.29, 1.82) is 0 Å². The summed E-state index contributed by atoms with van der Waals surface area (Å²) in [7, 11) is 0. The van der Waals surface area contributed by atoms with Crippen LogP contribution in [0.3, 0.4) is 0 Å². The molecule has 1 rings (SSSR count). The monoisotopic (exact) mass is 207 g/mol. The molecule has 0 spiro atoms. The van der Waals surface area contributed by atoms with E-state index in [0.29, 0.717) is 5.69 Å². The average Bonchev–Trinajstić information content (AvgIpc) is 2.19. The summed E-state index contributed by atoms with van der Waals surface area (Å²) in [5.74, 6) is 0.0131. The van der Waals surface area contributed by atoms with Crippen molar-refractivity contribution < 1.29 is 4.79 Å². The van der Waals surface area contributed by atoms with E-state index in [4.69, 9.17) is 0 Å². The fourth-order valence-electron chi connectivity index (χ4n) is 1.40. The lowest BCUT2D eigenvalue weighted by atomic mass is 9.87. The molecule has 1 amide bonds. The van der Waals surface area contributed by atoms with Crippen LogP contribution in [0.15, 0.2) is 18.7 Å². The van der Waals surface area contributed by atoms with Gasteiger partial charge in [-0.3, -0.25) is 4.79 Å². The lowest BCUT2D eigenvalue weighted by Crippen LogP contribution is -2.30. The molecule has 1 N–H and O–H groups in total. The minimum absolute atomic E-state index is 0.0131. The molecular formula is C11H17N3O. The molecule has 0 atom stereocenters. The number of nitrogens with one attached hydrogen (secondary N) is 1. The average molecular weight is 207 g/mol. The van der Waals surface area contributed by atoms with Gasteiger partial charge in [-0.2, -0.15) is 0 Å². The molecule has 0 radical (unpaired) electrons. The van der Waals surface area contributed by atoms with Gasteiger partial charge in [0.1, 0.15) is 6.33 Å². The largest absolute Gasteiger partial charge is 0.323 e. The Morgan fingerprint density at radius 2 is 2.00 bits per heavy atom. The number of hydrogen-bond donors (Lipinski definition) is 1. The van der Waals surface area contributed by atoms with E-state index in [1.165, 1.54) is 6.33 Å². The van der Waals surface area contributed by atoms with Crippen molar-refractivity contribution in [3.8, 4) is 0 Å².